The van der Waals surface area contributed by atoms with Gasteiger partial charge in [0.1, 0.15) is 0 Å². The van der Waals surface area contributed by atoms with Crippen molar-refractivity contribution in [1.82, 2.24) is 10.6 Å². The predicted molar refractivity (Wildman–Crippen MR) is 66.3 cm³/mol. The number of nitrogens with one attached hydrogen (secondary N) is 2. The van der Waals surface area contributed by atoms with Crippen LogP contribution in [0.3, 0.4) is 0 Å². The fraction of sp³-hybridized carbons (Fsp3) is 1.00. The quantitative estimate of drug-likeness (QED) is 0.575. The molecule has 15 heavy (non-hydrogen) atoms. The van der Waals surface area contributed by atoms with E-state index in [1.54, 1.807) is 7.11 Å². The smallest absolute Gasteiger partial charge is 0.0667 e. The second-order valence-corrected chi connectivity index (χ2v) is 4.74. The van der Waals surface area contributed by atoms with Gasteiger partial charge in [0.2, 0.25) is 0 Å². The van der Waals surface area contributed by atoms with Gasteiger partial charge in [0.25, 0.3) is 0 Å². The Balaban J connectivity index is 3.29. The van der Waals surface area contributed by atoms with Gasteiger partial charge < -0.3 is 15.4 Å². The van der Waals surface area contributed by atoms with E-state index in [1.807, 2.05) is 0 Å². The van der Waals surface area contributed by atoms with E-state index in [-0.39, 0.29) is 0 Å². The Hall–Kier alpha value is -0.120. The average Bonchev–Trinajstić information content (AvgIpc) is 2.20. The van der Waals surface area contributed by atoms with Crippen molar-refractivity contribution in [3.63, 3.8) is 0 Å². The third kappa shape index (κ3) is 10.2. The van der Waals surface area contributed by atoms with E-state index in [9.17, 15) is 0 Å². The number of methoxy groups -OCH3 is 1. The van der Waals surface area contributed by atoms with Crippen LogP contribution in [0.15, 0.2) is 0 Å². The molecule has 0 spiro atoms. The van der Waals surface area contributed by atoms with Crippen LogP contribution in [0.2, 0.25) is 0 Å². The molecule has 0 aromatic heterocycles. The molecule has 0 aliphatic carbocycles. The molecule has 2 unspecified atom stereocenters. The molecule has 0 aromatic rings. The van der Waals surface area contributed by atoms with Gasteiger partial charge in [0.15, 0.2) is 0 Å². The summed E-state index contributed by atoms with van der Waals surface area (Å²) in [5.74, 6) is 0.786. The van der Waals surface area contributed by atoms with Crippen LogP contribution in [0, 0.1) is 5.92 Å². The van der Waals surface area contributed by atoms with E-state index < -0.39 is 0 Å². The molecule has 0 amide bonds. The Morgan fingerprint density at radius 2 is 1.73 bits per heavy atom. The van der Waals surface area contributed by atoms with Crippen LogP contribution < -0.4 is 10.6 Å². The van der Waals surface area contributed by atoms with Gasteiger partial charge in [-0.2, -0.15) is 0 Å². The van der Waals surface area contributed by atoms with Crippen LogP contribution in [0.4, 0.5) is 0 Å². The van der Waals surface area contributed by atoms with Crippen molar-refractivity contribution in [3.05, 3.63) is 0 Å². The van der Waals surface area contributed by atoms with Crippen molar-refractivity contribution >= 4 is 0 Å². The lowest BCUT2D eigenvalue weighted by Gasteiger charge is -2.17. The first-order valence-corrected chi connectivity index (χ1v) is 6.03. The highest BCUT2D eigenvalue weighted by molar-refractivity contribution is 4.66. The topological polar surface area (TPSA) is 33.3 Å². The minimum Gasteiger partial charge on any atom is -0.380 e. The van der Waals surface area contributed by atoms with Crippen LogP contribution in [0.25, 0.3) is 0 Å². The Bertz CT molecular complexity index is 140. The zero-order chi connectivity index (χ0) is 11.7. The van der Waals surface area contributed by atoms with Crippen molar-refractivity contribution < 1.29 is 4.74 Å². The molecule has 2 N–H and O–H groups in total. The molecule has 0 rings (SSSR count). The SMILES string of the molecule is COC(C)CNC(C)CNCCC(C)C. The van der Waals surface area contributed by atoms with E-state index in [0.29, 0.717) is 12.1 Å². The molecule has 0 aliphatic rings. The lowest BCUT2D eigenvalue weighted by atomic mass is 10.1. The summed E-state index contributed by atoms with van der Waals surface area (Å²) in [5.41, 5.74) is 0. The molecule has 0 bridgehead atoms. The molecule has 0 heterocycles. The minimum absolute atomic E-state index is 0.295. The lowest BCUT2D eigenvalue weighted by molar-refractivity contribution is 0.115. The molecule has 0 fully saturated rings. The number of rotatable bonds is 9. The second kappa shape index (κ2) is 9.13. The first kappa shape index (κ1) is 14.9. The molecule has 2 atom stereocenters. The van der Waals surface area contributed by atoms with E-state index in [2.05, 4.69) is 38.3 Å². The molecular formula is C12H28N2O. The number of ether oxygens (including phenoxy) is 1. The maximum absolute atomic E-state index is 5.17. The number of hydrogen-bond donors (Lipinski definition) is 2. The van der Waals surface area contributed by atoms with Crippen molar-refractivity contribution in [3.8, 4) is 0 Å². The van der Waals surface area contributed by atoms with E-state index >= 15 is 0 Å². The van der Waals surface area contributed by atoms with Crippen molar-refractivity contribution in [1.29, 1.82) is 0 Å². The van der Waals surface area contributed by atoms with Crippen molar-refractivity contribution in [2.75, 3.05) is 26.7 Å². The molecule has 0 aliphatic heterocycles. The van der Waals surface area contributed by atoms with Crippen LogP contribution in [-0.4, -0.2) is 38.9 Å². The van der Waals surface area contributed by atoms with Gasteiger partial charge in [-0.1, -0.05) is 13.8 Å². The van der Waals surface area contributed by atoms with E-state index in [0.717, 1.165) is 25.6 Å². The summed E-state index contributed by atoms with van der Waals surface area (Å²) in [7, 11) is 1.75. The van der Waals surface area contributed by atoms with Crippen LogP contribution >= 0.6 is 0 Å². The zero-order valence-corrected chi connectivity index (χ0v) is 11.0. The maximum Gasteiger partial charge on any atom is 0.0667 e. The highest BCUT2D eigenvalue weighted by atomic mass is 16.5. The Kier molecular flexibility index (Phi) is 9.06. The summed E-state index contributed by atoms with van der Waals surface area (Å²) in [4.78, 5) is 0. The monoisotopic (exact) mass is 216 g/mol. The summed E-state index contributed by atoms with van der Waals surface area (Å²) < 4.78 is 5.17. The number of hydrogen-bond acceptors (Lipinski definition) is 3. The molecule has 92 valence electrons. The fourth-order valence-corrected chi connectivity index (χ4v) is 1.23. The highest BCUT2D eigenvalue weighted by Crippen LogP contribution is 1.96. The molecule has 0 saturated carbocycles. The summed E-state index contributed by atoms with van der Waals surface area (Å²) in [6.07, 6.45) is 1.55. The highest BCUT2D eigenvalue weighted by Gasteiger charge is 2.03. The Morgan fingerprint density at radius 3 is 2.27 bits per heavy atom. The average molecular weight is 216 g/mol. The van der Waals surface area contributed by atoms with Gasteiger partial charge in [-0.15, -0.1) is 0 Å². The largest absolute Gasteiger partial charge is 0.380 e. The first-order valence-electron chi connectivity index (χ1n) is 6.03. The van der Waals surface area contributed by atoms with Gasteiger partial charge in [-0.25, -0.2) is 0 Å². The minimum atomic E-state index is 0.295. The summed E-state index contributed by atoms with van der Waals surface area (Å²) in [6.45, 7) is 11.8. The van der Waals surface area contributed by atoms with Crippen molar-refractivity contribution in [2.45, 2.75) is 46.3 Å². The lowest BCUT2D eigenvalue weighted by Crippen LogP contribution is -2.40. The molecule has 3 nitrogen and oxygen atoms in total. The third-order valence-electron chi connectivity index (χ3n) is 2.51. The molecular weight excluding hydrogens is 188 g/mol. The summed E-state index contributed by atoms with van der Waals surface area (Å²) >= 11 is 0. The third-order valence-corrected chi connectivity index (χ3v) is 2.51. The van der Waals surface area contributed by atoms with Gasteiger partial charge in [-0.05, 0) is 32.7 Å². The summed E-state index contributed by atoms with van der Waals surface area (Å²) in [5, 5.41) is 6.89. The molecule has 0 saturated heterocycles. The van der Waals surface area contributed by atoms with E-state index in [1.165, 1.54) is 6.42 Å². The zero-order valence-electron chi connectivity index (χ0n) is 11.0. The normalized spacial score (nSPS) is 15.6. The van der Waals surface area contributed by atoms with Gasteiger partial charge in [-0.3, -0.25) is 0 Å². The molecule has 0 radical (unpaired) electrons. The van der Waals surface area contributed by atoms with Gasteiger partial charge >= 0.3 is 0 Å². The summed E-state index contributed by atoms with van der Waals surface area (Å²) in [6, 6.07) is 0.509. The standard InChI is InChI=1S/C12H28N2O/c1-10(2)6-7-13-8-11(3)14-9-12(4)15-5/h10-14H,6-9H2,1-5H3. The van der Waals surface area contributed by atoms with Crippen LogP contribution in [0.5, 0.6) is 0 Å². The van der Waals surface area contributed by atoms with Crippen LogP contribution in [-0.2, 0) is 4.74 Å². The first-order chi connectivity index (χ1) is 7.06. The Labute approximate surface area is 95.0 Å². The Morgan fingerprint density at radius 1 is 1.07 bits per heavy atom. The fourth-order valence-electron chi connectivity index (χ4n) is 1.23. The van der Waals surface area contributed by atoms with E-state index in [4.69, 9.17) is 4.74 Å². The van der Waals surface area contributed by atoms with Gasteiger partial charge in [0, 0.05) is 26.2 Å². The van der Waals surface area contributed by atoms with Gasteiger partial charge in [0.05, 0.1) is 6.10 Å². The maximum atomic E-state index is 5.17. The van der Waals surface area contributed by atoms with Crippen LogP contribution in [0.1, 0.15) is 34.1 Å². The molecule has 0 aromatic carbocycles. The molecule has 3 heteroatoms. The second-order valence-electron chi connectivity index (χ2n) is 4.74. The predicted octanol–water partition coefficient (Wildman–Crippen LogP) is 1.64. The van der Waals surface area contributed by atoms with Crippen molar-refractivity contribution in [2.24, 2.45) is 5.92 Å².